The summed E-state index contributed by atoms with van der Waals surface area (Å²) in [7, 11) is 0. The van der Waals surface area contributed by atoms with Crippen molar-refractivity contribution in [2.45, 2.75) is 59.8 Å². The Balaban J connectivity index is 4.13. The predicted molar refractivity (Wildman–Crippen MR) is 60.8 cm³/mol. The van der Waals surface area contributed by atoms with E-state index in [1.165, 1.54) is 25.7 Å². The minimum Gasteiger partial charge on any atom is -0.330 e. The van der Waals surface area contributed by atoms with Crippen LogP contribution in [-0.2, 0) is 0 Å². The summed E-state index contributed by atoms with van der Waals surface area (Å²) in [5.74, 6) is 0.867. The molecule has 0 radical (unpaired) electrons. The standard InChI is InChI=1S/C12H27N/c1-5-7-11(8-6-2)12(3,4)9-10-13/h11H,5-10,13H2,1-4H3. The van der Waals surface area contributed by atoms with Crippen LogP contribution in [0, 0.1) is 11.3 Å². The molecule has 0 fully saturated rings. The van der Waals surface area contributed by atoms with Crippen LogP contribution in [0.2, 0.25) is 0 Å². The molecular formula is C12H27N. The highest BCUT2D eigenvalue weighted by Gasteiger charge is 2.26. The molecule has 0 bridgehead atoms. The van der Waals surface area contributed by atoms with Gasteiger partial charge in [0.15, 0.2) is 0 Å². The van der Waals surface area contributed by atoms with E-state index in [1.54, 1.807) is 0 Å². The van der Waals surface area contributed by atoms with Crippen molar-refractivity contribution < 1.29 is 0 Å². The Morgan fingerprint density at radius 1 is 1.08 bits per heavy atom. The summed E-state index contributed by atoms with van der Waals surface area (Å²) in [4.78, 5) is 0. The summed E-state index contributed by atoms with van der Waals surface area (Å²) in [6.45, 7) is 10.1. The van der Waals surface area contributed by atoms with Gasteiger partial charge in [0.25, 0.3) is 0 Å². The van der Waals surface area contributed by atoms with E-state index < -0.39 is 0 Å². The van der Waals surface area contributed by atoms with E-state index in [9.17, 15) is 0 Å². The van der Waals surface area contributed by atoms with Crippen molar-refractivity contribution in [3.05, 3.63) is 0 Å². The lowest BCUT2D eigenvalue weighted by Crippen LogP contribution is -2.27. The van der Waals surface area contributed by atoms with E-state index in [0.29, 0.717) is 5.41 Å². The zero-order chi connectivity index (χ0) is 10.3. The number of hydrogen-bond donors (Lipinski definition) is 1. The number of rotatable bonds is 7. The van der Waals surface area contributed by atoms with Gasteiger partial charge in [-0.05, 0) is 24.3 Å². The first kappa shape index (κ1) is 13.0. The van der Waals surface area contributed by atoms with Gasteiger partial charge in [-0.25, -0.2) is 0 Å². The highest BCUT2D eigenvalue weighted by atomic mass is 14.5. The van der Waals surface area contributed by atoms with E-state index >= 15 is 0 Å². The molecule has 0 aromatic rings. The first-order chi connectivity index (χ1) is 6.08. The van der Waals surface area contributed by atoms with Crippen LogP contribution in [0.15, 0.2) is 0 Å². The molecule has 0 aliphatic carbocycles. The lowest BCUT2D eigenvalue weighted by atomic mass is 9.72. The van der Waals surface area contributed by atoms with E-state index in [-0.39, 0.29) is 0 Å². The van der Waals surface area contributed by atoms with Gasteiger partial charge in [0, 0.05) is 0 Å². The molecule has 0 aromatic heterocycles. The topological polar surface area (TPSA) is 26.0 Å². The highest BCUT2D eigenvalue weighted by Crippen LogP contribution is 2.36. The maximum Gasteiger partial charge on any atom is -0.00721 e. The lowest BCUT2D eigenvalue weighted by Gasteiger charge is -2.34. The quantitative estimate of drug-likeness (QED) is 0.644. The van der Waals surface area contributed by atoms with Crippen LogP contribution in [0.4, 0.5) is 0 Å². The molecule has 80 valence electrons. The van der Waals surface area contributed by atoms with Crippen LogP contribution in [0.1, 0.15) is 59.8 Å². The molecule has 0 aliphatic heterocycles. The molecule has 1 heteroatoms. The van der Waals surface area contributed by atoms with Gasteiger partial charge in [0.1, 0.15) is 0 Å². The molecule has 0 spiro atoms. The molecule has 1 nitrogen and oxygen atoms in total. The Morgan fingerprint density at radius 3 is 1.85 bits per heavy atom. The van der Waals surface area contributed by atoms with Crippen molar-refractivity contribution >= 4 is 0 Å². The zero-order valence-electron chi connectivity index (χ0n) is 9.90. The van der Waals surface area contributed by atoms with Crippen LogP contribution in [0.3, 0.4) is 0 Å². The molecule has 0 rings (SSSR count). The molecule has 0 aromatic carbocycles. The molecule has 2 N–H and O–H groups in total. The zero-order valence-corrected chi connectivity index (χ0v) is 9.90. The fourth-order valence-corrected chi connectivity index (χ4v) is 2.20. The van der Waals surface area contributed by atoms with Crippen molar-refractivity contribution in [2.75, 3.05) is 6.54 Å². The second-order valence-electron chi connectivity index (χ2n) is 4.80. The van der Waals surface area contributed by atoms with Gasteiger partial charge in [-0.3, -0.25) is 0 Å². The predicted octanol–water partition coefficient (Wildman–Crippen LogP) is 3.58. The molecule has 13 heavy (non-hydrogen) atoms. The Labute approximate surface area is 84.1 Å². The van der Waals surface area contributed by atoms with E-state index in [1.807, 2.05) is 0 Å². The summed E-state index contributed by atoms with van der Waals surface area (Å²) >= 11 is 0. The third-order valence-corrected chi connectivity index (χ3v) is 3.17. The van der Waals surface area contributed by atoms with Crippen LogP contribution in [-0.4, -0.2) is 6.54 Å². The summed E-state index contributed by atoms with van der Waals surface area (Å²) in [5.41, 5.74) is 6.09. The first-order valence-corrected chi connectivity index (χ1v) is 5.78. The first-order valence-electron chi connectivity index (χ1n) is 5.78. The normalized spacial score (nSPS) is 12.5. The van der Waals surface area contributed by atoms with E-state index in [4.69, 9.17) is 5.73 Å². The molecule has 0 aliphatic rings. The Kier molecular flexibility index (Phi) is 6.40. The van der Waals surface area contributed by atoms with Crippen molar-refractivity contribution in [3.8, 4) is 0 Å². The summed E-state index contributed by atoms with van der Waals surface area (Å²) in [6, 6.07) is 0. The summed E-state index contributed by atoms with van der Waals surface area (Å²) < 4.78 is 0. The Hall–Kier alpha value is -0.0400. The summed E-state index contributed by atoms with van der Waals surface area (Å²) in [5, 5.41) is 0. The average Bonchev–Trinajstić information content (AvgIpc) is 2.04. The molecule has 0 saturated heterocycles. The lowest BCUT2D eigenvalue weighted by molar-refractivity contribution is 0.172. The van der Waals surface area contributed by atoms with Gasteiger partial charge in [0.2, 0.25) is 0 Å². The van der Waals surface area contributed by atoms with Gasteiger partial charge >= 0.3 is 0 Å². The van der Waals surface area contributed by atoms with Crippen molar-refractivity contribution in [1.29, 1.82) is 0 Å². The Morgan fingerprint density at radius 2 is 1.54 bits per heavy atom. The number of nitrogens with two attached hydrogens (primary N) is 1. The van der Waals surface area contributed by atoms with Gasteiger partial charge in [0.05, 0.1) is 0 Å². The molecule has 0 saturated carbocycles. The minimum atomic E-state index is 0.445. The smallest absolute Gasteiger partial charge is 0.00721 e. The van der Waals surface area contributed by atoms with Crippen molar-refractivity contribution in [3.63, 3.8) is 0 Å². The maximum absolute atomic E-state index is 5.64. The fourth-order valence-electron chi connectivity index (χ4n) is 2.20. The van der Waals surface area contributed by atoms with Gasteiger partial charge in [-0.1, -0.05) is 53.4 Å². The third-order valence-electron chi connectivity index (χ3n) is 3.17. The van der Waals surface area contributed by atoms with Gasteiger partial charge < -0.3 is 5.73 Å². The fraction of sp³-hybridized carbons (Fsp3) is 1.00. The van der Waals surface area contributed by atoms with Crippen molar-refractivity contribution in [1.82, 2.24) is 0 Å². The van der Waals surface area contributed by atoms with Crippen LogP contribution in [0.5, 0.6) is 0 Å². The number of hydrogen-bond acceptors (Lipinski definition) is 1. The highest BCUT2D eigenvalue weighted by molar-refractivity contribution is 4.78. The molecule has 0 atom stereocenters. The SMILES string of the molecule is CCCC(CCC)C(C)(C)CCN. The van der Waals surface area contributed by atoms with E-state index in [2.05, 4.69) is 27.7 Å². The monoisotopic (exact) mass is 185 g/mol. The van der Waals surface area contributed by atoms with Crippen molar-refractivity contribution in [2.24, 2.45) is 17.1 Å². The second-order valence-corrected chi connectivity index (χ2v) is 4.80. The third kappa shape index (κ3) is 4.66. The van der Waals surface area contributed by atoms with Gasteiger partial charge in [-0.15, -0.1) is 0 Å². The van der Waals surface area contributed by atoms with Gasteiger partial charge in [-0.2, -0.15) is 0 Å². The van der Waals surface area contributed by atoms with Crippen LogP contribution < -0.4 is 5.73 Å². The Bertz CT molecular complexity index is 112. The van der Waals surface area contributed by atoms with E-state index in [0.717, 1.165) is 18.9 Å². The summed E-state index contributed by atoms with van der Waals surface area (Å²) in [6.07, 6.45) is 6.50. The minimum absolute atomic E-state index is 0.445. The maximum atomic E-state index is 5.64. The second kappa shape index (κ2) is 6.42. The molecular weight excluding hydrogens is 158 g/mol. The largest absolute Gasteiger partial charge is 0.330 e. The van der Waals surface area contributed by atoms with Crippen LogP contribution in [0.25, 0.3) is 0 Å². The van der Waals surface area contributed by atoms with Crippen LogP contribution >= 0.6 is 0 Å². The molecule has 0 heterocycles. The average molecular weight is 185 g/mol. The molecule has 0 amide bonds. The molecule has 0 unspecified atom stereocenters.